The molecule has 0 aromatic heterocycles. The first-order valence-electron chi connectivity index (χ1n) is 23.9. The van der Waals surface area contributed by atoms with Gasteiger partial charge < -0.3 is 4.90 Å². The summed E-state index contributed by atoms with van der Waals surface area (Å²) in [5.41, 5.74) is 5.43. The standard InChI is InChI=1S/C53H79N3O2/c1-3-5-7-9-11-13-15-17-19-21-23-25-27-29-43-55(44-30-28-26-24-22-20-18-16-14-12-10-8-6-4-2)52-40-38-50(39-41-52)49-36-33-47(34-37-49)31-32-48-35-42-53(56(57)58)51(45-48)46-54/h31-42,45H,3-30,43-44H2,1-2H3. The Hall–Kier alpha value is -3.91. The van der Waals surface area contributed by atoms with Crippen LogP contribution in [0.5, 0.6) is 0 Å². The van der Waals surface area contributed by atoms with E-state index in [9.17, 15) is 15.4 Å². The molecule has 3 aromatic carbocycles. The number of nitro groups is 1. The number of rotatable bonds is 35. The molecule has 0 fully saturated rings. The molecule has 318 valence electrons. The number of hydrogen-bond acceptors (Lipinski definition) is 4. The van der Waals surface area contributed by atoms with Crippen molar-refractivity contribution in [1.82, 2.24) is 0 Å². The van der Waals surface area contributed by atoms with Crippen molar-refractivity contribution in [3.05, 3.63) is 93.5 Å². The number of unbranched alkanes of at least 4 members (excludes halogenated alkanes) is 26. The van der Waals surface area contributed by atoms with E-state index in [1.807, 2.05) is 18.2 Å². The van der Waals surface area contributed by atoms with Gasteiger partial charge in [0.2, 0.25) is 0 Å². The zero-order chi connectivity index (χ0) is 41.3. The molecular formula is C53H79N3O2. The van der Waals surface area contributed by atoms with Crippen LogP contribution in [0, 0.1) is 21.4 Å². The Morgan fingerprint density at radius 3 is 1.22 bits per heavy atom. The lowest BCUT2D eigenvalue weighted by atomic mass is 10.0. The molecule has 0 atom stereocenters. The second-order valence-electron chi connectivity index (χ2n) is 16.8. The van der Waals surface area contributed by atoms with Crippen LogP contribution in [0.3, 0.4) is 0 Å². The van der Waals surface area contributed by atoms with Crippen LogP contribution in [0.2, 0.25) is 0 Å². The third kappa shape index (κ3) is 21.2. The van der Waals surface area contributed by atoms with E-state index in [-0.39, 0.29) is 11.3 Å². The molecule has 0 aliphatic carbocycles. The van der Waals surface area contributed by atoms with Gasteiger partial charge in [0.15, 0.2) is 0 Å². The Morgan fingerprint density at radius 2 is 0.845 bits per heavy atom. The molecular weight excluding hydrogens is 711 g/mol. The molecule has 0 heterocycles. The van der Waals surface area contributed by atoms with Gasteiger partial charge in [-0.2, -0.15) is 5.26 Å². The first-order chi connectivity index (χ1) is 28.5. The highest BCUT2D eigenvalue weighted by atomic mass is 16.6. The normalized spacial score (nSPS) is 11.3. The summed E-state index contributed by atoms with van der Waals surface area (Å²) in [5, 5.41) is 20.5. The van der Waals surface area contributed by atoms with Gasteiger partial charge in [-0.15, -0.1) is 0 Å². The third-order valence-electron chi connectivity index (χ3n) is 11.8. The molecule has 0 saturated heterocycles. The molecule has 0 amide bonds. The van der Waals surface area contributed by atoms with E-state index in [0.29, 0.717) is 0 Å². The quantitative estimate of drug-likeness (QED) is 0.0257. The summed E-state index contributed by atoms with van der Waals surface area (Å²) in [6.45, 7) is 6.87. The van der Waals surface area contributed by atoms with E-state index in [0.717, 1.165) is 24.2 Å². The zero-order valence-corrected chi connectivity index (χ0v) is 36.9. The van der Waals surface area contributed by atoms with Gasteiger partial charge in [0, 0.05) is 24.8 Å². The third-order valence-corrected chi connectivity index (χ3v) is 11.8. The summed E-state index contributed by atoms with van der Waals surface area (Å²) in [6.07, 6.45) is 42.9. The predicted octanol–water partition coefficient (Wildman–Crippen LogP) is 17.1. The molecule has 0 aliphatic heterocycles. The Labute approximate surface area is 354 Å². The molecule has 0 unspecified atom stereocenters. The molecule has 0 spiro atoms. The number of nitro benzene ring substituents is 1. The van der Waals surface area contributed by atoms with E-state index in [2.05, 4.69) is 67.3 Å². The van der Waals surface area contributed by atoms with Crippen molar-refractivity contribution < 1.29 is 4.92 Å². The number of benzene rings is 3. The van der Waals surface area contributed by atoms with Crippen LogP contribution in [0.1, 0.15) is 210 Å². The van der Waals surface area contributed by atoms with E-state index in [1.54, 1.807) is 12.1 Å². The van der Waals surface area contributed by atoms with Crippen molar-refractivity contribution in [1.29, 1.82) is 5.26 Å². The SMILES string of the molecule is CCCCCCCCCCCCCCCCN(CCCCCCCCCCCCCCCC)c1ccc(-c2ccc(C=Cc3ccc([N+](=O)[O-])c(C#N)c3)cc2)cc1. The van der Waals surface area contributed by atoms with Crippen LogP contribution >= 0.6 is 0 Å². The van der Waals surface area contributed by atoms with Crippen molar-refractivity contribution >= 4 is 23.5 Å². The van der Waals surface area contributed by atoms with Crippen LogP contribution in [-0.2, 0) is 0 Å². The van der Waals surface area contributed by atoms with Gasteiger partial charge in [0.05, 0.1) is 4.92 Å². The fourth-order valence-electron chi connectivity index (χ4n) is 8.11. The Morgan fingerprint density at radius 1 is 0.500 bits per heavy atom. The van der Waals surface area contributed by atoms with Crippen LogP contribution < -0.4 is 4.90 Å². The van der Waals surface area contributed by atoms with Gasteiger partial charge in [0.1, 0.15) is 11.6 Å². The Kier molecular flexibility index (Phi) is 26.7. The van der Waals surface area contributed by atoms with E-state index in [1.165, 1.54) is 203 Å². The van der Waals surface area contributed by atoms with Crippen LogP contribution in [-0.4, -0.2) is 18.0 Å². The van der Waals surface area contributed by atoms with Gasteiger partial charge in [-0.1, -0.05) is 229 Å². The van der Waals surface area contributed by atoms with Crippen molar-refractivity contribution in [2.24, 2.45) is 0 Å². The second kappa shape index (κ2) is 32.0. The fraction of sp³-hybridized carbons (Fsp3) is 0.604. The maximum atomic E-state index is 11.2. The summed E-state index contributed by atoms with van der Waals surface area (Å²) in [6, 6.07) is 24.2. The number of nitrogens with zero attached hydrogens (tertiary/aromatic N) is 3. The average Bonchev–Trinajstić information content (AvgIpc) is 3.25. The summed E-state index contributed by atoms with van der Waals surface area (Å²) >= 11 is 0. The summed E-state index contributed by atoms with van der Waals surface area (Å²) in [7, 11) is 0. The van der Waals surface area contributed by atoms with Crippen molar-refractivity contribution in [3.63, 3.8) is 0 Å². The van der Waals surface area contributed by atoms with Gasteiger partial charge in [-0.05, 0) is 59.4 Å². The molecule has 5 nitrogen and oxygen atoms in total. The van der Waals surface area contributed by atoms with Crippen LogP contribution in [0.15, 0.2) is 66.7 Å². The van der Waals surface area contributed by atoms with E-state index >= 15 is 0 Å². The lowest BCUT2D eigenvalue weighted by Crippen LogP contribution is -2.25. The van der Waals surface area contributed by atoms with E-state index < -0.39 is 4.92 Å². The zero-order valence-electron chi connectivity index (χ0n) is 36.9. The Balaban J connectivity index is 1.44. The van der Waals surface area contributed by atoms with Gasteiger partial charge in [-0.25, -0.2) is 0 Å². The highest BCUT2D eigenvalue weighted by molar-refractivity contribution is 5.74. The summed E-state index contributed by atoms with van der Waals surface area (Å²) < 4.78 is 0. The van der Waals surface area contributed by atoms with Crippen LogP contribution in [0.4, 0.5) is 11.4 Å². The molecule has 58 heavy (non-hydrogen) atoms. The molecule has 3 aromatic rings. The first kappa shape index (κ1) is 48.5. The molecule has 0 radical (unpaired) electrons. The topological polar surface area (TPSA) is 70.2 Å². The van der Waals surface area contributed by atoms with Crippen molar-refractivity contribution in [2.45, 2.75) is 194 Å². The first-order valence-corrected chi connectivity index (χ1v) is 23.9. The maximum absolute atomic E-state index is 11.2. The second-order valence-corrected chi connectivity index (χ2v) is 16.8. The van der Waals surface area contributed by atoms with E-state index in [4.69, 9.17) is 0 Å². The van der Waals surface area contributed by atoms with Gasteiger partial charge in [-0.3, -0.25) is 10.1 Å². The minimum Gasteiger partial charge on any atom is -0.372 e. The number of hydrogen-bond donors (Lipinski definition) is 0. The molecule has 3 rings (SSSR count). The van der Waals surface area contributed by atoms with Crippen molar-refractivity contribution in [3.8, 4) is 17.2 Å². The summed E-state index contributed by atoms with van der Waals surface area (Å²) in [4.78, 5) is 13.3. The maximum Gasteiger partial charge on any atom is 0.287 e. The fourth-order valence-corrected chi connectivity index (χ4v) is 8.11. The molecule has 0 N–H and O–H groups in total. The largest absolute Gasteiger partial charge is 0.372 e. The van der Waals surface area contributed by atoms with Crippen LogP contribution in [0.25, 0.3) is 23.3 Å². The minimum atomic E-state index is -0.517. The molecule has 5 heteroatoms. The minimum absolute atomic E-state index is 0.0729. The summed E-state index contributed by atoms with van der Waals surface area (Å²) in [5.74, 6) is 0. The Bertz CT molecular complexity index is 1520. The van der Waals surface area contributed by atoms with Crippen molar-refractivity contribution in [2.75, 3.05) is 18.0 Å². The number of anilines is 1. The predicted molar refractivity (Wildman–Crippen MR) is 251 cm³/mol. The molecule has 0 aliphatic rings. The smallest absolute Gasteiger partial charge is 0.287 e. The monoisotopic (exact) mass is 790 g/mol. The van der Waals surface area contributed by atoms with Gasteiger partial charge in [0.25, 0.3) is 5.69 Å². The highest BCUT2D eigenvalue weighted by Gasteiger charge is 2.13. The molecule has 0 saturated carbocycles. The van der Waals surface area contributed by atoms with Gasteiger partial charge >= 0.3 is 0 Å². The lowest BCUT2D eigenvalue weighted by molar-refractivity contribution is -0.385. The highest BCUT2D eigenvalue weighted by Crippen LogP contribution is 2.26. The lowest BCUT2D eigenvalue weighted by Gasteiger charge is -2.25. The molecule has 0 bridgehead atoms. The number of nitriles is 1. The average molecular weight is 790 g/mol.